The summed E-state index contributed by atoms with van der Waals surface area (Å²) in [4.78, 5) is 23.7. The number of amides is 1. The molecule has 2 rings (SSSR count). The number of nitrogens with zero attached hydrogens (tertiary/aromatic N) is 2. The minimum absolute atomic E-state index is 0.113. The average molecular weight is 315 g/mol. The Morgan fingerprint density at radius 1 is 1.30 bits per heavy atom. The van der Waals surface area contributed by atoms with E-state index in [2.05, 4.69) is 21.5 Å². The molecule has 1 aromatic rings. The third-order valence-corrected chi connectivity index (χ3v) is 3.63. The van der Waals surface area contributed by atoms with Crippen LogP contribution in [0.3, 0.4) is 0 Å². The van der Waals surface area contributed by atoms with Crippen molar-refractivity contribution in [2.24, 2.45) is 10.2 Å². The lowest BCUT2D eigenvalue weighted by Crippen LogP contribution is -2.28. The summed E-state index contributed by atoms with van der Waals surface area (Å²) >= 11 is 0. The lowest BCUT2D eigenvalue weighted by Gasteiger charge is -2.10. The van der Waals surface area contributed by atoms with Gasteiger partial charge in [0.1, 0.15) is 0 Å². The van der Waals surface area contributed by atoms with Gasteiger partial charge in [-0.05, 0) is 24.6 Å². The molecule has 0 unspecified atom stereocenters. The molecule has 0 radical (unpaired) electrons. The fourth-order valence-electron chi connectivity index (χ4n) is 2.18. The third-order valence-electron chi connectivity index (χ3n) is 3.63. The number of aryl methyl sites for hydroxylation is 1. The topological polar surface area (TPSA) is 111 Å². The first-order valence-electron chi connectivity index (χ1n) is 7.11. The molecule has 23 heavy (non-hydrogen) atoms. The Bertz CT molecular complexity index is 759. The first-order valence-corrected chi connectivity index (χ1v) is 7.11. The summed E-state index contributed by atoms with van der Waals surface area (Å²) in [7, 11) is 0. The van der Waals surface area contributed by atoms with Gasteiger partial charge >= 0.3 is 0 Å². The van der Waals surface area contributed by atoms with E-state index in [0.717, 1.165) is 12.1 Å². The SMILES string of the molecule is C#CCCC1(CCNC(=O)c2cc(O)c(=O)c(O)cc2C)N=N1. The molecule has 7 heteroatoms. The maximum atomic E-state index is 12.2. The van der Waals surface area contributed by atoms with Crippen molar-refractivity contribution in [1.82, 2.24) is 5.32 Å². The quantitative estimate of drug-likeness (QED) is 0.690. The van der Waals surface area contributed by atoms with E-state index in [1.807, 2.05) is 0 Å². The van der Waals surface area contributed by atoms with Gasteiger partial charge in [0.25, 0.3) is 11.3 Å². The number of hydrogen-bond donors (Lipinski definition) is 3. The van der Waals surface area contributed by atoms with Crippen molar-refractivity contribution in [3.8, 4) is 23.8 Å². The van der Waals surface area contributed by atoms with Gasteiger partial charge in [0, 0.05) is 31.4 Å². The lowest BCUT2D eigenvalue weighted by molar-refractivity contribution is 0.0951. The van der Waals surface area contributed by atoms with Crippen LogP contribution in [0, 0.1) is 19.3 Å². The van der Waals surface area contributed by atoms with E-state index in [1.54, 1.807) is 6.92 Å². The minimum Gasteiger partial charge on any atom is -0.504 e. The second kappa shape index (κ2) is 6.48. The predicted octanol–water partition coefficient (Wildman–Crippen LogP) is 1.46. The van der Waals surface area contributed by atoms with E-state index >= 15 is 0 Å². The number of carbonyl (C=O) groups is 1. The molecule has 0 saturated heterocycles. The van der Waals surface area contributed by atoms with E-state index in [-0.39, 0.29) is 5.56 Å². The Kier molecular flexibility index (Phi) is 4.65. The van der Waals surface area contributed by atoms with E-state index in [4.69, 9.17) is 6.42 Å². The third kappa shape index (κ3) is 3.86. The molecular weight excluding hydrogens is 298 g/mol. The van der Waals surface area contributed by atoms with Crippen LogP contribution in [0.25, 0.3) is 0 Å². The smallest absolute Gasteiger partial charge is 0.261 e. The highest BCUT2D eigenvalue weighted by Crippen LogP contribution is 2.36. The monoisotopic (exact) mass is 315 g/mol. The molecule has 1 aliphatic rings. The highest BCUT2D eigenvalue weighted by molar-refractivity contribution is 5.95. The first kappa shape index (κ1) is 16.5. The number of rotatable bonds is 6. The van der Waals surface area contributed by atoms with Crippen LogP contribution in [0.2, 0.25) is 0 Å². The normalized spacial score (nSPS) is 14.1. The highest BCUT2D eigenvalue weighted by atomic mass is 16.3. The molecule has 7 nitrogen and oxygen atoms in total. The Morgan fingerprint density at radius 2 is 1.96 bits per heavy atom. The van der Waals surface area contributed by atoms with Crippen LogP contribution >= 0.6 is 0 Å². The molecule has 3 N–H and O–H groups in total. The second-order valence-corrected chi connectivity index (χ2v) is 5.38. The van der Waals surface area contributed by atoms with Gasteiger partial charge in [-0.3, -0.25) is 9.59 Å². The van der Waals surface area contributed by atoms with Gasteiger partial charge in [-0.2, -0.15) is 10.2 Å². The van der Waals surface area contributed by atoms with Gasteiger partial charge < -0.3 is 15.5 Å². The molecular formula is C16H17N3O4. The number of terminal acetylenes is 1. The Labute approximate surface area is 133 Å². The zero-order valence-corrected chi connectivity index (χ0v) is 12.7. The molecule has 0 fully saturated rings. The molecule has 0 aliphatic carbocycles. The molecule has 1 heterocycles. The molecule has 120 valence electrons. The minimum atomic E-state index is -0.920. The van der Waals surface area contributed by atoms with Crippen molar-refractivity contribution in [2.45, 2.75) is 31.8 Å². The van der Waals surface area contributed by atoms with Gasteiger partial charge in [0.05, 0.1) is 0 Å². The van der Waals surface area contributed by atoms with Gasteiger partial charge in [0.15, 0.2) is 17.2 Å². The van der Waals surface area contributed by atoms with Gasteiger partial charge in [0.2, 0.25) is 0 Å². The van der Waals surface area contributed by atoms with Gasteiger partial charge in [-0.25, -0.2) is 0 Å². The van der Waals surface area contributed by atoms with Crippen molar-refractivity contribution in [2.75, 3.05) is 6.54 Å². The number of carbonyl (C=O) groups excluding carboxylic acids is 1. The Hall–Kier alpha value is -2.88. The zero-order valence-electron chi connectivity index (χ0n) is 12.7. The maximum absolute atomic E-state index is 12.2. The molecule has 0 atom stereocenters. The molecule has 1 aliphatic heterocycles. The average Bonchev–Trinajstić information content (AvgIpc) is 3.29. The Balaban J connectivity index is 2.02. The van der Waals surface area contributed by atoms with Crippen molar-refractivity contribution in [3.05, 3.63) is 33.5 Å². The Morgan fingerprint density at radius 3 is 2.57 bits per heavy atom. The van der Waals surface area contributed by atoms with Crippen LogP contribution in [-0.4, -0.2) is 28.3 Å². The second-order valence-electron chi connectivity index (χ2n) is 5.38. The largest absolute Gasteiger partial charge is 0.504 e. The number of aromatic hydroxyl groups is 2. The van der Waals surface area contributed by atoms with Crippen LogP contribution in [0.1, 0.15) is 35.2 Å². The summed E-state index contributed by atoms with van der Waals surface area (Å²) in [6.45, 7) is 1.89. The fourth-order valence-corrected chi connectivity index (χ4v) is 2.18. The van der Waals surface area contributed by atoms with Crippen molar-refractivity contribution in [1.29, 1.82) is 0 Å². The molecule has 0 bridgehead atoms. The number of hydrogen-bond acceptors (Lipinski definition) is 6. The first-order chi connectivity index (χ1) is 10.9. The molecule has 1 aromatic carbocycles. The zero-order chi connectivity index (χ0) is 17.0. The van der Waals surface area contributed by atoms with Crippen molar-refractivity contribution < 1.29 is 15.0 Å². The summed E-state index contributed by atoms with van der Waals surface area (Å²) in [6.07, 6.45) is 6.95. The van der Waals surface area contributed by atoms with Crippen molar-refractivity contribution in [3.63, 3.8) is 0 Å². The van der Waals surface area contributed by atoms with Crippen LogP contribution in [0.5, 0.6) is 11.5 Å². The molecule has 1 amide bonds. The van der Waals surface area contributed by atoms with Crippen LogP contribution in [0.15, 0.2) is 27.2 Å². The fraction of sp³-hybridized carbons (Fsp3) is 0.375. The number of nitrogens with one attached hydrogen (secondary N) is 1. The van der Waals surface area contributed by atoms with Crippen molar-refractivity contribution >= 4 is 5.91 Å². The summed E-state index contributed by atoms with van der Waals surface area (Å²) < 4.78 is 0. The van der Waals surface area contributed by atoms with E-state index in [9.17, 15) is 19.8 Å². The summed E-state index contributed by atoms with van der Waals surface area (Å²) in [5, 5.41) is 29.7. The highest BCUT2D eigenvalue weighted by Gasteiger charge is 2.38. The van der Waals surface area contributed by atoms with Crippen LogP contribution in [0.4, 0.5) is 0 Å². The van der Waals surface area contributed by atoms with E-state index in [0.29, 0.717) is 31.4 Å². The molecule has 0 saturated carbocycles. The maximum Gasteiger partial charge on any atom is 0.261 e. The van der Waals surface area contributed by atoms with E-state index < -0.39 is 28.5 Å². The summed E-state index contributed by atoms with van der Waals surface area (Å²) in [5.74, 6) is 0.780. The van der Waals surface area contributed by atoms with Gasteiger partial charge in [-0.1, -0.05) is 0 Å². The molecule has 0 spiro atoms. The summed E-state index contributed by atoms with van der Waals surface area (Å²) in [6, 6.07) is 2.20. The van der Waals surface area contributed by atoms with Gasteiger partial charge in [-0.15, -0.1) is 12.3 Å². The predicted molar refractivity (Wildman–Crippen MR) is 83.4 cm³/mol. The van der Waals surface area contributed by atoms with E-state index in [1.165, 1.54) is 0 Å². The van der Waals surface area contributed by atoms with Crippen LogP contribution < -0.4 is 10.7 Å². The molecule has 0 aromatic heterocycles. The standard InChI is InChI=1S/C16H17N3O4/c1-3-4-5-16(18-19-16)6-7-17-15(23)11-9-13(21)14(22)12(20)8-10(11)2/h1,8-9H,4-7H2,2H3,(H,17,23)(H2,20,21,22). The van der Waals surface area contributed by atoms with Crippen LogP contribution in [-0.2, 0) is 0 Å². The summed E-state index contributed by atoms with van der Waals surface area (Å²) in [5.41, 5.74) is -0.919. The lowest BCUT2D eigenvalue weighted by atomic mass is 10.0.